The van der Waals surface area contributed by atoms with Gasteiger partial charge in [-0.3, -0.25) is 9.78 Å². The van der Waals surface area contributed by atoms with E-state index in [0.29, 0.717) is 34.2 Å². The lowest BCUT2D eigenvalue weighted by Gasteiger charge is -2.16. The molecule has 3 aromatic rings. The molecule has 0 radical (unpaired) electrons. The van der Waals surface area contributed by atoms with Crippen molar-refractivity contribution in [2.45, 2.75) is 38.3 Å². The van der Waals surface area contributed by atoms with Gasteiger partial charge in [0.25, 0.3) is 5.56 Å². The van der Waals surface area contributed by atoms with Gasteiger partial charge in [0.05, 0.1) is 23.2 Å². The highest BCUT2D eigenvalue weighted by atomic mass is 16.3. The summed E-state index contributed by atoms with van der Waals surface area (Å²) in [6.07, 6.45) is 5.36. The monoisotopic (exact) mass is 351 g/mol. The maximum atomic E-state index is 12.6. The third kappa shape index (κ3) is 3.06. The van der Waals surface area contributed by atoms with Gasteiger partial charge in [-0.2, -0.15) is 0 Å². The quantitative estimate of drug-likeness (QED) is 0.748. The van der Waals surface area contributed by atoms with Gasteiger partial charge in [-0.05, 0) is 44.9 Å². The fourth-order valence-electron chi connectivity index (χ4n) is 2.80. The molecule has 0 aromatic carbocycles. The van der Waals surface area contributed by atoms with Crippen LogP contribution in [0.25, 0.3) is 22.2 Å². The molecule has 3 aromatic heterocycles. The Morgan fingerprint density at radius 2 is 2.04 bits per heavy atom. The number of anilines is 1. The zero-order valence-electron chi connectivity index (χ0n) is 15.0. The molecule has 0 atom stereocenters. The van der Waals surface area contributed by atoms with Gasteiger partial charge in [-0.1, -0.05) is 0 Å². The minimum Gasteiger partial charge on any atom is -0.384 e. The maximum absolute atomic E-state index is 12.6. The third-order valence-corrected chi connectivity index (χ3v) is 4.51. The first kappa shape index (κ1) is 16.7. The second-order valence-corrected chi connectivity index (χ2v) is 7.32. The summed E-state index contributed by atoms with van der Waals surface area (Å²) in [5.74, 6) is 0.570. The Bertz CT molecular complexity index is 1030. The highest BCUT2D eigenvalue weighted by Crippen LogP contribution is 2.30. The molecule has 0 saturated heterocycles. The van der Waals surface area contributed by atoms with Crippen LogP contribution in [-0.2, 0) is 12.6 Å². The Kier molecular flexibility index (Phi) is 3.77. The van der Waals surface area contributed by atoms with E-state index in [0.717, 1.165) is 18.4 Å². The molecule has 1 aliphatic carbocycles. The summed E-state index contributed by atoms with van der Waals surface area (Å²) < 4.78 is 1.46. The summed E-state index contributed by atoms with van der Waals surface area (Å²) in [6, 6.07) is 5.82. The fraction of sp³-hybridized carbons (Fsp3) is 0.368. The summed E-state index contributed by atoms with van der Waals surface area (Å²) in [5, 5.41) is 13.9. The van der Waals surface area contributed by atoms with Gasteiger partial charge in [0.1, 0.15) is 16.8 Å². The summed E-state index contributed by atoms with van der Waals surface area (Å²) in [7, 11) is 1.68. The van der Waals surface area contributed by atoms with Gasteiger partial charge in [0.2, 0.25) is 0 Å². The second-order valence-electron chi connectivity index (χ2n) is 7.32. The smallest absolute Gasteiger partial charge is 0.264 e. The van der Waals surface area contributed by atoms with E-state index in [1.165, 1.54) is 10.9 Å². The second kappa shape index (κ2) is 5.88. The Labute approximate surface area is 150 Å². The van der Waals surface area contributed by atoms with Crippen molar-refractivity contribution in [3.8, 4) is 11.3 Å². The van der Waals surface area contributed by atoms with Crippen LogP contribution in [0.5, 0.6) is 0 Å². The number of fused-ring (bicyclic) bond motifs is 1. The summed E-state index contributed by atoms with van der Waals surface area (Å²) in [4.78, 5) is 26.0. The highest BCUT2D eigenvalue weighted by Gasteiger charge is 2.24. The lowest BCUT2D eigenvalue weighted by molar-refractivity contribution is 0.0739. The zero-order chi connectivity index (χ0) is 18.5. The number of pyridine rings is 2. The molecular formula is C19H21N5O2. The van der Waals surface area contributed by atoms with Crippen LogP contribution in [0.2, 0.25) is 0 Å². The number of aromatic nitrogens is 4. The number of hydrogen-bond donors (Lipinski definition) is 2. The van der Waals surface area contributed by atoms with Crippen molar-refractivity contribution in [1.29, 1.82) is 0 Å². The van der Waals surface area contributed by atoms with Crippen LogP contribution in [-0.4, -0.2) is 30.7 Å². The molecule has 1 saturated carbocycles. The number of aryl methyl sites for hydroxylation is 1. The summed E-state index contributed by atoms with van der Waals surface area (Å²) in [5.41, 5.74) is 1.57. The van der Waals surface area contributed by atoms with Gasteiger partial charge in [0.15, 0.2) is 0 Å². The van der Waals surface area contributed by atoms with E-state index >= 15 is 0 Å². The molecule has 2 N–H and O–H groups in total. The molecule has 0 amide bonds. The normalized spacial score (nSPS) is 14.6. The van der Waals surface area contributed by atoms with Gasteiger partial charge < -0.3 is 15.0 Å². The van der Waals surface area contributed by atoms with E-state index in [1.54, 1.807) is 39.2 Å². The fourth-order valence-corrected chi connectivity index (χ4v) is 2.80. The van der Waals surface area contributed by atoms with Crippen LogP contribution in [0.4, 0.5) is 5.82 Å². The predicted octanol–water partition coefficient (Wildman–Crippen LogP) is 2.19. The molecule has 134 valence electrons. The third-order valence-electron chi connectivity index (χ3n) is 4.51. The molecule has 7 heteroatoms. The van der Waals surface area contributed by atoms with E-state index in [4.69, 9.17) is 0 Å². The van der Waals surface area contributed by atoms with Crippen LogP contribution in [0.3, 0.4) is 0 Å². The first-order valence-corrected chi connectivity index (χ1v) is 8.65. The molecule has 0 spiro atoms. The van der Waals surface area contributed by atoms with E-state index in [2.05, 4.69) is 20.3 Å². The average molecular weight is 351 g/mol. The highest BCUT2D eigenvalue weighted by molar-refractivity contribution is 5.91. The lowest BCUT2D eigenvalue weighted by Crippen LogP contribution is -2.20. The maximum Gasteiger partial charge on any atom is 0.264 e. The van der Waals surface area contributed by atoms with Crippen molar-refractivity contribution in [1.82, 2.24) is 19.5 Å². The van der Waals surface area contributed by atoms with E-state index < -0.39 is 5.60 Å². The number of aliphatic hydroxyl groups is 1. The van der Waals surface area contributed by atoms with Gasteiger partial charge in [-0.25, -0.2) is 9.97 Å². The van der Waals surface area contributed by atoms with Crippen molar-refractivity contribution in [2.75, 3.05) is 5.32 Å². The minimum atomic E-state index is -0.998. The summed E-state index contributed by atoms with van der Waals surface area (Å²) in [6.45, 7) is 3.39. The summed E-state index contributed by atoms with van der Waals surface area (Å²) >= 11 is 0. The molecule has 0 aliphatic heterocycles. The molecule has 4 rings (SSSR count). The molecule has 3 heterocycles. The zero-order valence-corrected chi connectivity index (χ0v) is 15.0. The van der Waals surface area contributed by atoms with Crippen LogP contribution in [0.1, 0.15) is 32.4 Å². The van der Waals surface area contributed by atoms with Crippen molar-refractivity contribution < 1.29 is 5.11 Å². The van der Waals surface area contributed by atoms with Crippen LogP contribution in [0.15, 0.2) is 35.5 Å². The van der Waals surface area contributed by atoms with Crippen LogP contribution in [0, 0.1) is 0 Å². The molecule has 26 heavy (non-hydrogen) atoms. The van der Waals surface area contributed by atoms with E-state index in [-0.39, 0.29) is 5.56 Å². The molecule has 0 bridgehead atoms. The van der Waals surface area contributed by atoms with E-state index in [1.807, 2.05) is 6.07 Å². The molecular weight excluding hydrogens is 330 g/mol. The lowest BCUT2D eigenvalue weighted by atomic mass is 10.0. The molecule has 1 aliphatic rings. The molecule has 1 fully saturated rings. The molecule has 7 nitrogen and oxygen atoms in total. The van der Waals surface area contributed by atoms with Crippen molar-refractivity contribution in [3.05, 3.63) is 46.8 Å². The van der Waals surface area contributed by atoms with Gasteiger partial charge >= 0.3 is 0 Å². The van der Waals surface area contributed by atoms with Crippen LogP contribution < -0.4 is 10.9 Å². The van der Waals surface area contributed by atoms with Crippen molar-refractivity contribution >= 4 is 16.7 Å². The standard InChI is InChI=1S/C19H21N5O2/c1-19(2,26)15-7-4-11(9-20-15)13-8-14-16(18(25)24(3)10-21-14)17(23-13)22-12-5-6-12/h4,7-10,12,26H,5-6H2,1-3H3,(H,22,23). The van der Waals surface area contributed by atoms with E-state index in [9.17, 15) is 9.90 Å². The van der Waals surface area contributed by atoms with Gasteiger partial charge in [0, 0.05) is 24.8 Å². The average Bonchev–Trinajstić information content (AvgIpc) is 3.41. The Balaban J connectivity index is 1.85. The predicted molar refractivity (Wildman–Crippen MR) is 99.9 cm³/mol. The number of nitrogens with one attached hydrogen (secondary N) is 1. The Morgan fingerprint density at radius 3 is 2.65 bits per heavy atom. The Hall–Kier alpha value is -2.80. The van der Waals surface area contributed by atoms with Crippen LogP contribution >= 0.6 is 0 Å². The first-order chi connectivity index (χ1) is 12.3. The number of nitrogens with zero attached hydrogens (tertiary/aromatic N) is 4. The first-order valence-electron chi connectivity index (χ1n) is 8.65. The van der Waals surface area contributed by atoms with Crippen molar-refractivity contribution in [2.24, 2.45) is 7.05 Å². The number of hydrogen-bond acceptors (Lipinski definition) is 6. The Morgan fingerprint density at radius 1 is 1.27 bits per heavy atom. The minimum absolute atomic E-state index is 0.118. The molecule has 0 unspecified atom stereocenters. The largest absolute Gasteiger partial charge is 0.384 e. The van der Waals surface area contributed by atoms with Gasteiger partial charge in [-0.15, -0.1) is 0 Å². The SMILES string of the molecule is Cn1cnc2cc(-c3ccc(C(C)(C)O)nc3)nc(NC3CC3)c2c1=O. The number of rotatable bonds is 4. The van der Waals surface area contributed by atoms with Crippen molar-refractivity contribution in [3.63, 3.8) is 0 Å². The topological polar surface area (TPSA) is 92.9 Å².